The number of anilines is 2. The Kier molecular flexibility index (Phi) is 5.03. The largest absolute Gasteiger partial charge is 0.437 e. The molecule has 0 spiro atoms. The van der Waals surface area contributed by atoms with Crippen LogP contribution >= 0.6 is 0 Å². The molecule has 2 aromatic rings. The van der Waals surface area contributed by atoms with Gasteiger partial charge >= 0.3 is 13.1 Å². The van der Waals surface area contributed by atoms with E-state index in [1.54, 1.807) is 37.0 Å². The van der Waals surface area contributed by atoms with Crippen LogP contribution in [0.15, 0.2) is 30.7 Å². The summed E-state index contributed by atoms with van der Waals surface area (Å²) in [5.41, 5.74) is 1.80. The molecule has 1 saturated heterocycles. The molecule has 0 unspecified atom stereocenters. The molecule has 4 rings (SSSR count). The zero-order chi connectivity index (χ0) is 19.8. The Balaban J connectivity index is 1.70. The molecule has 3 heterocycles. The lowest BCUT2D eigenvalue weighted by Gasteiger charge is -2.43. The molecular formula is C19H23BFN5O2. The molecule has 1 fully saturated rings. The number of hydrogen-bond acceptors (Lipinski definition) is 5. The smallest absolute Gasteiger partial charge is 0.376 e. The molecule has 0 atom stereocenters. The lowest BCUT2D eigenvalue weighted by Crippen LogP contribution is -2.56. The van der Waals surface area contributed by atoms with E-state index in [1.807, 2.05) is 4.81 Å². The number of amides is 2. The third-order valence-electron chi connectivity index (χ3n) is 5.61. The maximum atomic E-state index is 14.6. The van der Waals surface area contributed by atoms with Crippen molar-refractivity contribution in [1.82, 2.24) is 14.8 Å². The van der Waals surface area contributed by atoms with Crippen molar-refractivity contribution in [2.45, 2.75) is 39.2 Å². The van der Waals surface area contributed by atoms with Gasteiger partial charge in [0.1, 0.15) is 18.0 Å². The lowest BCUT2D eigenvalue weighted by molar-refractivity contribution is 0.238. The van der Waals surface area contributed by atoms with Crippen LogP contribution in [-0.2, 0) is 6.54 Å². The Bertz CT molecular complexity index is 868. The highest BCUT2D eigenvalue weighted by atomic mass is 19.1. The van der Waals surface area contributed by atoms with Gasteiger partial charge in [-0.25, -0.2) is 19.2 Å². The van der Waals surface area contributed by atoms with Gasteiger partial charge in [-0.15, -0.1) is 0 Å². The van der Waals surface area contributed by atoms with Crippen LogP contribution in [0, 0.1) is 12.7 Å². The van der Waals surface area contributed by atoms with Crippen LogP contribution in [0.4, 0.5) is 20.7 Å². The summed E-state index contributed by atoms with van der Waals surface area (Å²) in [5.74, 6) is 0.179. The first-order chi connectivity index (χ1) is 13.5. The van der Waals surface area contributed by atoms with Gasteiger partial charge in [0.05, 0.1) is 12.2 Å². The number of halogens is 1. The second-order valence-corrected chi connectivity index (χ2v) is 7.41. The number of urea groups is 1. The minimum Gasteiger partial charge on any atom is -0.437 e. The van der Waals surface area contributed by atoms with E-state index < -0.39 is 12.9 Å². The van der Waals surface area contributed by atoms with Gasteiger partial charge in [-0.2, -0.15) is 0 Å². The molecule has 1 aromatic carbocycles. The molecule has 146 valence electrons. The Morgan fingerprint density at radius 1 is 1.29 bits per heavy atom. The molecule has 0 saturated carbocycles. The fourth-order valence-corrected chi connectivity index (χ4v) is 4.13. The number of hydrogen-bond donors (Lipinski definition) is 1. The molecule has 1 aromatic heterocycles. The summed E-state index contributed by atoms with van der Waals surface area (Å²) in [5, 5.41) is 9.81. The van der Waals surface area contributed by atoms with Crippen molar-refractivity contribution < 1.29 is 14.2 Å². The maximum absolute atomic E-state index is 14.6. The third kappa shape index (κ3) is 3.25. The minimum atomic E-state index is -0.509. The number of aryl methyl sites for hydroxylation is 1. The summed E-state index contributed by atoms with van der Waals surface area (Å²) in [4.78, 5) is 27.1. The SMILES string of the molecule is CB(O)N1CCC(N2C(=O)N(c3c(C)cccc3F)Cc3cncnc32)CC1. The predicted molar refractivity (Wildman–Crippen MR) is 106 cm³/mol. The molecule has 9 heteroatoms. The Hall–Kier alpha value is -2.52. The molecule has 0 aliphatic carbocycles. The number of nitrogens with zero attached hydrogens (tertiary/aromatic N) is 5. The predicted octanol–water partition coefficient (Wildman–Crippen LogP) is 2.45. The number of benzene rings is 1. The number of fused-ring (bicyclic) bond motifs is 1. The highest BCUT2D eigenvalue weighted by Gasteiger charge is 2.39. The van der Waals surface area contributed by atoms with Gasteiger partial charge in [0, 0.05) is 17.8 Å². The molecule has 1 N–H and O–H groups in total. The van der Waals surface area contributed by atoms with Gasteiger partial charge in [-0.05, 0) is 51.3 Å². The van der Waals surface area contributed by atoms with Gasteiger partial charge in [-0.3, -0.25) is 9.80 Å². The van der Waals surface area contributed by atoms with E-state index in [2.05, 4.69) is 9.97 Å². The van der Waals surface area contributed by atoms with Gasteiger partial charge in [0.2, 0.25) is 0 Å². The first-order valence-electron chi connectivity index (χ1n) is 9.54. The average Bonchev–Trinajstić information content (AvgIpc) is 2.68. The monoisotopic (exact) mass is 383 g/mol. The number of aromatic nitrogens is 2. The van der Waals surface area contributed by atoms with Gasteiger partial charge in [0.15, 0.2) is 0 Å². The van der Waals surface area contributed by atoms with Gasteiger partial charge < -0.3 is 9.83 Å². The van der Waals surface area contributed by atoms with Gasteiger partial charge in [-0.1, -0.05) is 12.1 Å². The third-order valence-corrected chi connectivity index (χ3v) is 5.61. The van der Waals surface area contributed by atoms with Crippen LogP contribution in [0.5, 0.6) is 0 Å². The quantitative estimate of drug-likeness (QED) is 0.825. The van der Waals surface area contributed by atoms with Crippen molar-refractivity contribution in [2.24, 2.45) is 0 Å². The fourth-order valence-electron chi connectivity index (χ4n) is 4.13. The van der Waals surface area contributed by atoms with Crippen LogP contribution in [0.3, 0.4) is 0 Å². The molecule has 0 radical (unpaired) electrons. The van der Waals surface area contributed by atoms with E-state index in [9.17, 15) is 14.2 Å². The van der Waals surface area contributed by atoms with E-state index in [-0.39, 0.29) is 18.6 Å². The molecule has 0 bridgehead atoms. The minimum absolute atomic E-state index is 0.0639. The van der Waals surface area contributed by atoms with E-state index >= 15 is 0 Å². The lowest BCUT2D eigenvalue weighted by atomic mass is 9.82. The Morgan fingerprint density at radius 2 is 2.04 bits per heavy atom. The van der Waals surface area contributed by atoms with E-state index in [1.165, 1.54) is 17.3 Å². The fraction of sp³-hybridized carbons (Fsp3) is 0.421. The number of rotatable bonds is 3. The number of carbonyl (C=O) groups is 1. The molecule has 2 aliphatic heterocycles. The van der Waals surface area contributed by atoms with Crippen molar-refractivity contribution in [3.63, 3.8) is 0 Å². The first-order valence-corrected chi connectivity index (χ1v) is 9.54. The maximum Gasteiger partial charge on any atom is 0.376 e. The van der Waals surface area contributed by atoms with Crippen molar-refractivity contribution in [3.05, 3.63) is 47.7 Å². The van der Waals surface area contributed by atoms with Crippen molar-refractivity contribution in [2.75, 3.05) is 22.9 Å². The van der Waals surface area contributed by atoms with E-state index in [0.717, 1.165) is 5.56 Å². The molecular weight excluding hydrogens is 360 g/mol. The van der Waals surface area contributed by atoms with E-state index in [4.69, 9.17) is 0 Å². The van der Waals surface area contributed by atoms with Crippen LogP contribution in [0.2, 0.25) is 6.82 Å². The summed E-state index contributed by atoms with van der Waals surface area (Å²) in [6.45, 7) is 5.15. The Labute approximate surface area is 163 Å². The summed E-state index contributed by atoms with van der Waals surface area (Å²) >= 11 is 0. The van der Waals surface area contributed by atoms with E-state index in [0.29, 0.717) is 43.0 Å². The Morgan fingerprint density at radius 3 is 2.71 bits per heavy atom. The molecule has 2 aliphatic rings. The number of carbonyl (C=O) groups excluding carboxylic acids is 1. The second-order valence-electron chi connectivity index (χ2n) is 7.41. The highest BCUT2D eigenvalue weighted by Crippen LogP contribution is 2.35. The number of para-hydroxylation sites is 1. The van der Waals surface area contributed by atoms with Crippen LogP contribution in [0.1, 0.15) is 24.0 Å². The molecule has 2 amide bonds. The normalized spacial score (nSPS) is 18.4. The van der Waals surface area contributed by atoms with Crippen LogP contribution in [0.25, 0.3) is 0 Å². The van der Waals surface area contributed by atoms with Crippen molar-refractivity contribution >= 4 is 24.6 Å². The summed E-state index contributed by atoms with van der Waals surface area (Å²) in [6, 6.07) is 4.48. The van der Waals surface area contributed by atoms with Crippen molar-refractivity contribution in [3.8, 4) is 0 Å². The highest BCUT2D eigenvalue weighted by molar-refractivity contribution is 6.45. The zero-order valence-electron chi connectivity index (χ0n) is 16.0. The average molecular weight is 383 g/mol. The first kappa shape index (κ1) is 18.8. The zero-order valence-corrected chi connectivity index (χ0v) is 16.0. The standard InChI is InChI=1S/C19H23BFN5O2/c1-13-4-3-5-16(21)17(13)25-11-14-10-22-12-23-18(14)26(19(25)27)15-6-8-24(9-7-15)20(2)28/h3-5,10,12,15,28H,6-9,11H2,1-2H3. The summed E-state index contributed by atoms with van der Waals surface area (Å²) < 4.78 is 14.6. The molecule has 28 heavy (non-hydrogen) atoms. The molecule has 7 nitrogen and oxygen atoms in total. The topological polar surface area (TPSA) is 72.8 Å². The van der Waals surface area contributed by atoms with Crippen LogP contribution < -0.4 is 9.80 Å². The van der Waals surface area contributed by atoms with Crippen molar-refractivity contribution in [1.29, 1.82) is 0 Å². The summed E-state index contributed by atoms with van der Waals surface area (Å²) in [7, 11) is -0.509. The van der Waals surface area contributed by atoms with Gasteiger partial charge in [0.25, 0.3) is 0 Å². The summed E-state index contributed by atoms with van der Waals surface area (Å²) in [6.07, 6.45) is 4.55. The number of piperidine rings is 1. The van der Waals surface area contributed by atoms with Crippen LogP contribution in [-0.4, -0.2) is 52.0 Å². The second kappa shape index (κ2) is 7.48.